The molecule has 0 bridgehead atoms. The SMILES string of the molecule is CCN(CC(=O)Nc1ccc(NC(C)=O)cc1)Cc1nc(-c2cc(Br)cs2)no1. The summed E-state index contributed by atoms with van der Waals surface area (Å²) < 4.78 is 6.30. The largest absolute Gasteiger partial charge is 0.338 e. The van der Waals surface area contributed by atoms with E-state index in [9.17, 15) is 9.59 Å². The minimum atomic E-state index is -0.152. The quantitative estimate of drug-likeness (QED) is 0.508. The van der Waals surface area contributed by atoms with E-state index in [-0.39, 0.29) is 18.4 Å². The van der Waals surface area contributed by atoms with Crippen molar-refractivity contribution in [2.75, 3.05) is 23.7 Å². The minimum absolute atomic E-state index is 0.142. The van der Waals surface area contributed by atoms with Gasteiger partial charge in [0.2, 0.25) is 23.5 Å². The molecule has 152 valence electrons. The van der Waals surface area contributed by atoms with Gasteiger partial charge in [-0.15, -0.1) is 11.3 Å². The molecule has 0 saturated carbocycles. The molecule has 3 rings (SSSR count). The number of aromatic nitrogens is 2. The van der Waals surface area contributed by atoms with Crippen LogP contribution in [0.2, 0.25) is 0 Å². The van der Waals surface area contributed by atoms with Gasteiger partial charge < -0.3 is 15.2 Å². The first-order valence-corrected chi connectivity index (χ1v) is 10.6. The third-order valence-electron chi connectivity index (χ3n) is 3.92. The highest BCUT2D eigenvalue weighted by Gasteiger charge is 2.16. The van der Waals surface area contributed by atoms with Crippen LogP contribution in [0.4, 0.5) is 11.4 Å². The average molecular weight is 478 g/mol. The Bertz CT molecular complexity index is 986. The van der Waals surface area contributed by atoms with Crippen molar-refractivity contribution in [2.45, 2.75) is 20.4 Å². The standard InChI is InChI=1S/C19H20BrN5O3S/c1-3-25(10-18-23-19(24-28-18)16-8-13(20)11-29-16)9-17(27)22-15-6-4-14(5-7-15)21-12(2)26/h4-8,11H,3,9-10H2,1-2H3,(H,21,26)(H,22,27). The van der Waals surface area contributed by atoms with Gasteiger partial charge in [-0.25, -0.2) is 0 Å². The van der Waals surface area contributed by atoms with Crippen LogP contribution in [0, 0.1) is 0 Å². The van der Waals surface area contributed by atoms with Crippen molar-refractivity contribution in [3.63, 3.8) is 0 Å². The summed E-state index contributed by atoms with van der Waals surface area (Å²) in [7, 11) is 0. The summed E-state index contributed by atoms with van der Waals surface area (Å²) >= 11 is 4.93. The fourth-order valence-electron chi connectivity index (χ4n) is 2.56. The second-order valence-corrected chi connectivity index (χ2v) is 8.08. The van der Waals surface area contributed by atoms with E-state index in [1.165, 1.54) is 18.3 Å². The van der Waals surface area contributed by atoms with Gasteiger partial charge in [-0.2, -0.15) is 4.98 Å². The number of amides is 2. The lowest BCUT2D eigenvalue weighted by Gasteiger charge is -2.17. The Labute approximate surface area is 180 Å². The van der Waals surface area contributed by atoms with E-state index in [2.05, 4.69) is 36.7 Å². The summed E-state index contributed by atoms with van der Waals surface area (Å²) in [6.45, 7) is 4.62. The van der Waals surface area contributed by atoms with Crippen molar-refractivity contribution >= 4 is 50.5 Å². The van der Waals surface area contributed by atoms with Crippen molar-refractivity contribution in [3.05, 3.63) is 46.1 Å². The van der Waals surface area contributed by atoms with Gasteiger partial charge in [0.05, 0.1) is 18.0 Å². The lowest BCUT2D eigenvalue weighted by molar-refractivity contribution is -0.117. The Morgan fingerprint density at radius 1 is 1.21 bits per heavy atom. The summed E-state index contributed by atoms with van der Waals surface area (Å²) in [4.78, 5) is 30.7. The minimum Gasteiger partial charge on any atom is -0.338 e. The molecule has 2 N–H and O–H groups in total. The molecule has 8 nitrogen and oxygen atoms in total. The highest BCUT2D eigenvalue weighted by atomic mass is 79.9. The molecular weight excluding hydrogens is 458 g/mol. The molecule has 0 spiro atoms. The number of halogens is 1. The molecule has 0 atom stereocenters. The maximum Gasteiger partial charge on any atom is 0.241 e. The van der Waals surface area contributed by atoms with Crippen molar-refractivity contribution in [1.29, 1.82) is 0 Å². The van der Waals surface area contributed by atoms with Gasteiger partial charge in [0.25, 0.3) is 0 Å². The molecule has 0 radical (unpaired) electrons. The Morgan fingerprint density at radius 3 is 2.48 bits per heavy atom. The molecule has 2 aromatic heterocycles. The first-order chi connectivity index (χ1) is 13.9. The van der Waals surface area contributed by atoms with Gasteiger partial charge >= 0.3 is 0 Å². The predicted molar refractivity (Wildman–Crippen MR) is 116 cm³/mol. The molecular formula is C19H20BrN5O3S. The van der Waals surface area contributed by atoms with Gasteiger partial charge in [0, 0.05) is 28.2 Å². The van der Waals surface area contributed by atoms with Crippen LogP contribution in [0.5, 0.6) is 0 Å². The predicted octanol–water partition coefficient (Wildman–Crippen LogP) is 3.98. The van der Waals surface area contributed by atoms with Gasteiger partial charge in [-0.05, 0) is 52.8 Å². The fraction of sp³-hybridized carbons (Fsp3) is 0.263. The van der Waals surface area contributed by atoms with Crippen LogP contribution in [0.25, 0.3) is 10.7 Å². The van der Waals surface area contributed by atoms with Crippen LogP contribution >= 0.6 is 27.3 Å². The molecule has 1 aromatic carbocycles. The number of rotatable bonds is 8. The average Bonchev–Trinajstić information content (AvgIpc) is 3.31. The fourth-order valence-corrected chi connectivity index (χ4v) is 3.92. The molecule has 0 saturated heterocycles. The van der Waals surface area contributed by atoms with E-state index in [1.54, 1.807) is 24.3 Å². The van der Waals surface area contributed by atoms with E-state index in [4.69, 9.17) is 4.52 Å². The first kappa shape index (κ1) is 21.2. The van der Waals surface area contributed by atoms with Crippen LogP contribution < -0.4 is 10.6 Å². The zero-order valence-electron chi connectivity index (χ0n) is 15.9. The van der Waals surface area contributed by atoms with Crippen molar-refractivity contribution in [2.24, 2.45) is 0 Å². The molecule has 0 unspecified atom stereocenters. The number of nitrogens with zero attached hydrogens (tertiary/aromatic N) is 3. The van der Waals surface area contributed by atoms with Crippen LogP contribution in [-0.2, 0) is 16.1 Å². The Kier molecular flexibility index (Phi) is 7.13. The molecule has 0 aliphatic heterocycles. The number of carbonyl (C=O) groups excluding carboxylic acids is 2. The van der Waals surface area contributed by atoms with Crippen LogP contribution in [0.1, 0.15) is 19.7 Å². The highest BCUT2D eigenvalue weighted by molar-refractivity contribution is 9.10. The van der Waals surface area contributed by atoms with E-state index < -0.39 is 0 Å². The Morgan fingerprint density at radius 2 is 1.90 bits per heavy atom. The van der Waals surface area contributed by atoms with E-state index in [0.29, 0.717) is 36.2 Å². The van der Waals surface area contributed by atoms with Crippen LogP contribution in [-0.4, -0.2) is 39.9 Å². The number of carbonyl (C=O) groups is 2. The Hall–Kier alpha value is -2.56. The van der Waals surface area contributed by atoms with Gasteiger partial charge in [-0.3, -0.25) is 14.5 Å². The van der Waals surface area contributed by atoms with E-state index >= 15 is 0 Å². The number of hydrogen-bond donors (Lipinski definition) is 2. The number of benzene rings is 1. The molecule has 0 aliphatic rings. The maximum absolute atomic E-state index is 12.4. The Balaban J connectivity index is 1.54. The van der Waals surface area contributed by atoms with Gasteiger partial charge in [-0.1, -0.05) is 12.1 Å². The summed E-state index contributed by atoms with van der Waals surface area (Å²) in [5.41, 5.74) is 1.33. The zero-order chi connectivity index (χ0) is 20.8. The van der Waals surface area contributed by atoms with Gasteiger partial charge in [0.1, 0.15) is 0 Å². The summed E-state index contributed by atoms with van der Waals surface area (Å²) in [6.07, 6.45) is 0. The first-order valence-electron chi connectivity index (χ1n) is 8.89. The smallest absolute Gasteiger partial charge is 0.241 e. The molecule has 2 heterocycles. The second kappa shape index (κ2) is 9.77. The third kappa shape index (κ3) is 6.21. The normalized spacial score (nSPS) is 10.9. The lowest BCUT2D eigenvalue weighted by Crippen LogP contribution is -2.32. The number of thiophene rings is 1. The van der Waals surface area contributed by atoms with E-state index in [0.717, 1.165) is 9.35 Å². The molecule has 2 amide bonds. The van der Waals surface area contributed by atoms with Crippen molar-refractivity contribution < 1.29 is 14.1 Å². The third-order valence-corrected chi connectivity index (χ3v) is 5.61. The monoisotopic (exact) mass is 477 g/mol. The van der Waals surface area contributed by atoms with Crippen LogP contribution in [0.15, 0.2) is 44.7 Å². The van der Waals surface area contributed by atoms with Crippen molar-refractivity contribution in [1.82, 2.24) is 15.0 Å². The van der Waals surface area contributed by atoms with Gasteiger partial charge in [0.15, 0.2) is 0 Å². The number of likely N-dealkylation sites (N-methyl/N-ethyl adjacent to an activating group) is 1. The summed E-state index contributed by atoms with van der Waals surface area (Å²) in [5, 5.41) is 11.5. The highest BCUT2D eigenvalue weighted by Crippen LogP contribution is 2.27. The maximum atomic E-state index is 12.4. The van der Waals surface area contributed by atoms with Crippen LogP contribution in [0.3, 0.4) is 0 Å². The lowest BCUT2D eigenvalue weighted by atomic mass is 10.2. The molecule has 0 fully saturated rings. The summed E-state index contributed by atoms with van der Waals surface area (Å²) in [6, 6.07) is 8.88. The zero-order valence-corrected chi connectivity index (χ0v) is 18.3. The molecule has 10 heteroatoms. The number of hydrogen-bond acceptors (Lipinski definition) is 7. The molecule has 3 aromatic rings. The second-order valence-electron chi connectivity index (χ2n) is 6.25. The number of nitrogens with one attached hydrogen (secondary N) is 2. The number of anilines is 2. The molecule has 0 aliphatic carbocycles. The van der Waals surface area contributed by atoms with E-state index in [1.807, 2.05) is 23.3 Å². The summed E-state index contributed by atoms with van der Waals surface area (Å²) in [5.74, 6) is 0.701. The van der Waals surface area contributed by atoms with Crippen molar-refractivity contribution in [3.8, 4) is 10.7 Å². The molecule has 29 heavy (non-hydrogen) atoms. The topological polar surface area (TPSA) is 100 Å².